The average Bonchev–Trinajstić information content (AvgIpc) is 2.04. The molecule has 84 valence electrons. The molecule has 0 aliphatic carbocycles. The van der Waals surface area contributed by atoms with Crippen LogP contribution in [0.1, 0.15) is 26.7 Å². The van der Waals surface area contributed by atoms with Crippen molar-refractivity contribution in [3.8, 4) is 0 Å². The molecule has 1 unspecified atom stereocenters. The highest BCUT2D eigenvalue weighted by atomic mass is 16.4. The first kappa shape index (κ1) is 13.4. The highest BCUT2D eigenvalue weighted by Gasteiger charge is 2.48. The monoisotopic (exact) mass is 206 g/mol. The van der Waals surface area contributed by atoms with E-state index in [4.69, 9.17) is 15.3 Å². The van der Waals surface area contributed by atoms with E-state index in [-0.39, 0.29) is 26.1 Å². The second-order valence-corrected chi connectivity index (χ2v) is 3.89. The minimum absolute atomic E-state index is 0.132. The molecule has 0 radical (unpaired) electrons. The zero-order chi connectivity index (χ0) is 11.4. The number of carbonyl (C=O) groups is 1. The van der Waals surface area contributed by atoms with Gasteiger partial charge in [0.15, 0.2) is 5.60 Å². The van der Waals surface area contributed by atoms with Gasteiger partial charge < -0.3 is 20.4 Å². The van der Waals surface area contributed by atoms with Gasteiger partial charge in [-0.25, -0.2) is 4.79 Å². The normalized spacial score (nSPS) is 16.4. The smallest absolute Gasteiger partial charge is 0.335 e. The molecule has 0 amide bonds. The van der Waals surface area contributed by atoms with Crippen molar-refractivity contribution >= 4 is 5.97 Å². The first-order valence-corrected chi connectivity index (χ1v) is 4.49. The Kier molecular flexibility index (Phi) is 4.51. The van der Waals surface area contributed by atoms with Gasteiger partial charge in [0.25, 0.3) is 0 Å². The molecule has 5 heteroatoms. The molecule has 0 aliphatic heterocycles. The number of aliphatic carboxylic acids is 1. The number of rotatable bonds is 6. The van der Waals surface area contributed by atoms with Gasteiger partial charge in [-0.3, -0.25) is 0 Å². The third kappa shape index (κ3) is 2.43. The molecule has 0 heterocycles. The third-order valence-electron chi connectivity index (χ3n) is 2.92. The van der Waals surface area contributed by atoms with Crippen molar-refractivity contribution in [1.29, 1.82) is 0 Å². The molecular formula is C9H18O5. The van der Waals surface area contributed by atoms with Crippen molar-refractivity contribution in [2.24, 2.45) is 5.41 Å². The lowest BCUT2D eigenvalue weighted by Crippen LogP contribution is -2.51. The molecule has 0 bridgehead atoms. The quantitative estimate of drug-likeness (QED) is 0.473. The Morgan fingerprint density at radius 1 is 1.14 bits per heavy atom. The van der Waals surface area contributed by atoms with E-state index in [9.17, 15) is 9.90 Å². The van der Waals surface area contributed by atoms with E-state index in [0.29, 0.717) is 0 Å². The zero-order valence-corrected chi connectivity index (χ0v) is 8.53. The molecule has 5 nitrogen and oxygen atoms in total. The second-order valence-electron chi connectivity index (χ2n) is 3.89. The first-order valence-electron chi connectivity index (χ1n) is 4.49. The molecule has 0 saturated heterocycles. The standard InChI is InChI=1S/C9H18O5/c1-8(3-5-10,4-6-11)9(2,14)7(12)13/h10-11,14H,3-6H2,1-2H3,(H,12,13). The second kappa shape index (κ2) is 4.72. The number of aliphatic hydroxyl groups excluding tert-OH is 2. The topological polar surface area (TPSA) is 98.0 Å². The van der Waals surface area contributed by atoms with E-state index >= 15 is 0 Å². The molecule has 0 rings (SSSR count). The summed E-state index contributed by atoms with van der Waals surface area (Å²) in [7, 11) is 0. The van der Waals surface area contributed by atoms with E-state index in [0.717, 1.165) is 0 Å². The Morgan fingerprint density at radius 2 is 1.50 bits per heavy atom. The SMILES string of the molecule is CC(CCO)(CCO)C(C)(O)C(=O)O. The molecule has 4 N–H and O–H groups in total. The third-order valence-corrected chi connectivity index (χ3v) is 2.92. The van der Waals surface area contributed by atoms with Gasteiger partial charge >= 0.3 is 5.97 Å². The summed E-state index contributed by atoms with van der Waals surface area (Å²) in [5.74, 6) is -1.35. The Labute approximate surface area is 83.0 Å². The molecule has 0 aliphatic rings. The molecular weight excluding hydrogens is 188 g/mol. The predicted octanol–water partition coefficient (Wildman–Crippen LogP) is -0.407. The molecule has 0 aromatic carbocycles. The summed E-state index contributed by atoms with van der Waals surface area (Å²) in [5, 5.41) is 36.1. The van der Waals surface area contributed by atoms with E-state index < -0.39 is 17.0 Å². The van der Waals surface area contributed by atoms with Crippen LogP contribution in [0, 0.1) is 5.41 Å². The van der Waals surface area contributed by atoms with Crippen molar-refractivity contribution in [2.75, 3.05) is 13.2 Å². The van der Waals surface area contributed by atoms with Gasteiger partial charge in [-0.15, -0.1) is 0 Å². The molecule has 0 spiro atoms. The zero-order valence-electron chi connectivity index (χ0n) is 8.53. The minimum Gasteiger partial charge on any atom is -0.479 e. The molecule has 1 atom stereocenters. The molecule has 0 saturated carbocycles. The Hall–Kier alpha value is -0.650. The lowest BCUT2D eigenvalue weighted by atomic mass is 9.70. The lowest BCUT2D eigenvalue weighted by molar-refractivity contribution is -0.174. The number of aliphatic hydroxyl groups is 3. The van der Waals surface area contributed by atoms with Crippen LogP contribution < -0.4 is 0 Å². The summed E-state index contributed by atoms with van der Waals surface area (Å²) in [6, 6.07) is 0. The van der Waals surface area contributed by atoms with Crippen LogP contribution in [0.15, 0.2) is 0 Å². The van der Waals surface area contributed by atoms with Gasteiger partial charge in [0, 0.05) is 18.6 Å². The molecule has 0 fully saturated rings. The maximum absolute atomic E-state index is 10.8. The van der Waals surface area contributed by atoms with Crippen molar-refractivity contribution in [2.45, 2.75) is 32.3 Å². The van der Waals surface area contributed by atoms with E-state index in [1.54, 1.807) is 0 Å². The summed E-state index contributed by atoms with van der Waals surface area (Å²) in [5.41, 5.74) is -2.97. The highest BCUT2D eigenvalue weighted by Crippen LogP contribution is 2.38. The number of hydrogen-bond donors (Lipinski definition) is 4. The fourth-order valence-electron chi connectivity index (χ4n) is 1.36. The maximum atomic E-state index is 10.8. The van der Waals surface area contributed by atoms with Gasteiger partial charge in [-0.2, -0.15) is 0 Å². The van der Waals surface area contributed by atoms with Gasteiger partial charge in [-0.1, -0.05) is 6.92 Å². The Bertz CT molecular complexity index is 193. The van der Waals surface area contributed by atoms with Crippen molar-refractivity contribution in [3.63, 3.8) is 0 Å². The maximum Gasteiger partial charge on any atom is 0.335 e. The summed E-state index contributed by atoms with van der Waals surface area (Å²) in [6.45, 7) is 2.27. The Balaban J connectivity index is 4.87. The van der Waals surface area contributed by atoms with E-state index in [1.807, 2.05) is 0 Å². The van der Waals surface area contributed by atoms with E-state index in [1.165, 1.54) is 13.8 Å². The predicted molar refractivity (Wildman–Crippen MR) is 49.8 cm³/mol. The number of hydrogen-bond acceptors (Lipinski definition) is 4. The van der Waals surface area contributed by atoms with Crippen LogP contribution in [0.25, 0.3) is 0 Å². The highest BCUT2D eigenvalue weighted by molar-refractivity contribution is 5.77. The van der Waals surface area contributed by atoms with Crippen LogP contribution >= 0.6 is 0 Å². The van der Waals surface area contributed by atoms with Gasteiger partial charge in [0.1, 0.15) is 0 Å². The summed E-state index contributed by atoms with van der Waals surface area (Å²) in [4.78, 5) is 10.8. The molecule has 14 heavy (non-hydrogen) atoms. The summed E-state index contributed by atoms with van der Waals surface area (Å²) < 4.78 is 0. The number of carboxylic acids is 1. The Morgan fingerprint density at radius 3 is 1.71 bits per heavy atom. The fraction of sp³-hybridized carbons (Fsp3) is 0.889. The summed E-state index contributed by atoms with van der Waals surface area (Å²) in [6.07, 6.45) is 0.264. The van der Waals surface area contributed by atoms with Crippen LogP contribution in [-0.4, -0.2) is 45.2 Å². The van der Waals surface area contributed by atoms with Crippen molar-refractivity contribution in [1.82, 2.24) is 0 Å². The van der Waals surface area contributed by atoms with Crippen molar-refractivity contribution in [3.05, 3.63) is 0 Å². The van der Waals surface area contributed by atoms with Crippen LogP contribution in [0.2, 0.25) is 0 Å². The largest absolute Gasteiger partial charge is 0.479 e. The average molecular weight is 206 g/mol. The van der Waals surface area contributed by atoms with Gasteiger partial charge in [-0.05, 0) is 19.8 Å². The fourth-order valence-corrected chi connectivity index (χ4v) is 1.36. The van der Waals surface area contributed by atoms with Gasteiger partial charge in [0.05, 0.1) is 0 Å². The number of carboxylic acid groups (broad SMARTS) is 1. The summed E-state index contributed by atoms with van der Waals surface area (Å²) >= 11 is 0. The minimum atomic E-state index is -1.95. The lowest BCUT2D eigenvalue weighted by Gasteiger charge is -2.39. The molecule has 0 aromatic heterocycles. The molecule has 0 aromatic rings. The van der Waals surface area contributed by atoms with Crippen LogP contribution in [0.5, 0.6) is 0 Å². The van der Waals surface area contributed by atoms with Gasteiger partial charge in [0.2, 0.25) is 0 Å². The van der Waals surface area contributed by atoms with Crippen LogP contribution in [0.4, 0.5) is 0 Å². The van der Waals surface area contributed by atoms with Crippen molar-refractivity contribution < 1.29 is 25.2 Å². The first-order chi connectivity index (χ1) is 6.31. The van der Waals surface area contributed by atoms with Crippen LogP contribution in [-0.2, 0) is 4.79 Å². The van der Waals surface area contributed by atoms with Crippen LogP contribution in [0.3, 0.4) is 0 Å². The van der Waals surface area contributed by atoms with E-state index in [2.05, 4.69) is 0 Å².